The van der Waals surface area contributed by atoms with E-state index in [1.54, 1.807) is 0 Å². The highest BCUT2D eigenvalue weighted by Crippen LogP contribution is 2.52. The zero-order chi connectivity index (χ0) is 18.9. The molecule has 0 saturated carbocycles. The predicted molar refractivity (Wildman–Crippen MR) is 104 cm³/mol. The Bertz CT molecular complexity index is 666. The maximum absolute atomic E-state index is 12.9. The zero-order valence-electron chi connectivity index (χ0n) is 16.2. The second-order valence-electron chi connectivity index (χ2n) is 8.36. The SMILES string of the molecule is CCOC(=O)c1ccc2c(c1)C(N[S+]([O-])C(C)(C)C)C1(CCNCC1)C2. The van der Waals surface area contributed by atoms with Crippen molar-refractivity contribution in [2.45, 2.75) is 57.7 Å². The third-order valence-electron chi connectivity index (χ3n) is 5.50. The summed E-state index contributed by atoms with van der Waals surface area (Å²) < 4.78 is 21.1. The van der Waals surface area contributed by atoms with Gasteiger partial charge in [0.05, 0.1) is 18.2 Å². The van der Waals surface area contributed by atoms with Crippen LogP contribution in [0.25, 0.3) is 0 Å². The van der Waals surface area contributed by atoms with E-state index >= 15 is 0 Å². The molecule has 1 saturated heterocycles. The third-order valence-corrected chi connectivity index (χ3v) is 7.07. The van der Waals surface area contributed by atoms with Gasteiger partial charge in [0, 0.05) is 16.8 Å². The lowest BCUT2D eigenvalue weighted by Gasteiger charge is -2.40. The molecule has 26 heavy (non-hydrogen) atoms. The largest absolute Gasteiger partial charge is 0.598 e. The smallest absolute Gasteiger partial charge is 0.338 e. The number of fused-ring (bicyclic) bond motifs is 1. The van der Waals surface area contributed by atoms with Crippen molar-refractivity contribution in [3.05, 3.63) is 34.9 Å². The molecule has 0 aromatic heterocycles. The van der Waals surface area contributed by atoms with Crippen molar-refractivity contribution >= 4 is 17.3 Å². The van der Waals surface area contributed by atoms with E-state index in [0.29, 0.717) is 12.2 Å². The van der Waals surface area contributed by atoms with Gasteiger partial charge in [-0.1, -0.05) is 6.07 Å². The van der Waals surface area contributed by atoms with Crippen molar-refractivity contribution in [3.8, 4) is 0 Å². The van der Waals surface area contributed by atoms with Gasteiger partial charge in [-0.3, -0.25) is 0 Å². The van der Waals surface area contributed by atoms with E-state index in [-0.39, 0.29) is 22.2 Å². The van der Waals surface area contributed by atoms with E-state index in [9.17, 15) is 9.35 Å². The highest BCUT2D eigenvalue weighted by atomic mass is 32.2. The Hall–Kier alpha value is -1.08. The lowest BCUT2D eigenvalue weighted by molar-refractivity contribution is 0.0526. The summed E-state index contributed by atoms with van der Waals surface area (Å²) in [5, 5.41) is 3.44. The van der Waals surface area contributed by atoms with Gasteiger partial charge in [-0.2, -0.15) is 0 Å². The van der Waals surface area contributed by atoms with Crippen LogP contribution in [0.5, 0.6) is 0 Å². The van der Waals surface area contributed by atoms with Crippen LogP contribution in [-0.2, 0) is 22.5 Å². The van der Waals surface area contributed by atoms with Gasteiger partial charge < -0.3 is 14.6 Å². The van der Waals surface area contributed by atoms with Crippen LogP contribution in [0.1, 0.15) is 68.1 Å². The Balaban J connectivity index is 1.96. The summed E-state index contributed by atoms with van der Waals surface area (Å²) in [7, 11) is 0. The van der Waals surface area contributed by atoms with E-state index in [0.717, 1.165) is 37.9 Å². The molecular formula is C20H30N2O3S. The number of piperidine rings is 1. The van der Waals surface area contributed by atoms with Crippen molar-refractivity contribution < 1.29 is 14.1 Å². The molecule has 2 atom stereocenters. The number of hydrogen-bond donors (Lipinski definition) is 2. The Kier molecular flexibility index (Phi) is 5.68. The molecule has 144 valence electrons. The molecule has 2 unspecified atom stereocenters. The van der Waals surface area contributed by atoms with Crippen LogP contribution in [0.3, 0.4) is 0 Å². The molecule has 3 rings (SSSR count). The van der Waals surface area contributed by atoms with Gasteiger partial charge in [-0.15, -0.1) is 4.72 Å². The highest BCUT2D eigenvalue weighted by molar-refractivity contribution is 7.90. The maximum atomic E-state index is 12.9. The average molecular weight is 379 g/mol. The Morgan fingerprint density at radius 3 is 2.69 bits per heavy atom. The Labute approximate surface area is 159 Å². The summed E-state index contributed by atoms with van der Waals surface area (Å²) in [4.78, 5) is 12.2. The molecule has 6 heteroatoms. The summed E-state index contributed by atoms with van der Waals surface area (Å²) in [5.41, 5.74) is 2.99. The topological polar surface area (TPSA) is 73.4 Å². The molecular weight excluding hydrogens is 348 g/mol. The summed E-state index contributed by atoms with van der Waals surface area (Å²) in [5.74, 6) is -0.294. The fourth-order valence-corrected chi connectivity index (χ4v) is 4.98. The third kappa shape index (κ3) is 3.79. The minimum atomic E-state index is -1.17. The molecule has 1 aromatic rings. The minimum Gasteiger partial charge on any atom is -0.598 e. The standard InChI is InChI=1S/C20H30N2O3S/c1-5-25-18(23)14-6-7-15-13-20(8-10-21-11-9-20)17(16(15)12-14)22-26(24)19(2,3)4/h6-7,12,17,21-22H,5,8-11,13H2,1-4H3. The number of carbonyl (C=O) groups excluding carboxylic acids is 1. The minimum absolute atomic E-state index is 0.00552. The lowest BCUT2D eigenvalue weighted by Crippen LogP contribution is -2.48. The molecule has 1 aliphatic heterocycles. The summed E-state index contributed by atoms with van der Waals surface area (Å²) in [6.45, 7) is 10.1. The van der Waals surface area contributed by atoms with Crippen LogP contribution in [0.2, 0.25) is 0 Å². The van der Waals surface area contributed by atoms with Crippen molar-refractivity contribution in [2.24, 2.45) is 5.41 Å². The van der Waals surface area contributed by atoms with Crippen molar-refractivity contribution in [1.29, 1.82) is 0 Å². The number of rotatable bonds is 4. The molecule has 1 aliphatic carbocycles. The fourth-order valence-electron chi connectivity index (χ4n) is 4.04. The first-order valence-corrected chi connectivity index (χ1v) is 10.6. The monoisotopic (exact) mass is 378 g/mol. The summed E-state index contributed by atoms with van der Waals surface area (Å²) >= 11 is -1.17. The van der Waals surface area contributed by atoms with Gasteiger partial charge in [0.2, 0.25) is 0 Å². The molecule has 1 fully saturated rings. The van der Waals surface area contributed by atoms with Crippen molar-refractivity contribution in [2.75, 3.05) is 19.7 Å². The van der Waals surface area contributed by atoms with Crippen LogP contribution in [-0.4, -0.2) is 35.0 Å². The van der Waals surface area contributed by atoms with Crippen LogP contribution in [0.15, 0.2) is 18.2 Å². The van der Waals surface area contributed by atoms with Gasteiger partial charge in [0.25, 0.3) is 0 Å². The van der Waals surface area contributed by atoms with E-state index in [1.165, 1.54) is 5.56 Å². The van der Waals surface area contributed by atoms with E-state index in [2.05, 4.69) is 10.0 Å². The van der Waals surface area contributed by atoms with Crippen LogP contribution >= 0.6 is 0 Å². The lowest BCUT2D eigenvalue weighted by atomic mass is 9.73. The van der Waals surface area contributed by atoms with Gasteiger partial charge >= 0.3 is 5.97 Å². The molecule has 0 amide bonds. The summed E-state index contributed by atoms with van der Waals surface area (Å²) in [6, 6.07) is 5.85. The normalized spacial score (nSPS) is 22.9. The van der Waals surface area contributed by atoms with Gasteiger partial charge in [-0.05, 0) is 83.3 Å². The van der Waals surface area contributed by atoms with E-state index in [1.807, 2.05) is 45.9 Å². The fraction of sp³-hybridized carbons (Fsp3) is 0.650. The van der Waals surface area contributed by atoms with Crippen LogP contribution < -0.4 is 10.0 Å². The van der Waals surface area contributed by atoms with E-state index in [4.69, 9.17) is 4.74 Å². The van der Waals surface area contributed by atoms with Gasteiger partial charge in [0.15, 0.2) is 0 Å². The second-order valence-corrected chi connectivity index (χ2v) is 10.4. The average Bonchev–Trinajstić information content (AvgIpc) is 2.87. The quantitative estimate of drug-likeness (QED) is 0.623. The van der Waals surface area contributed by atoms with Crippen molar-refractivity contribution in [1.82, 2.24) is 10.0 Å². The second kappa shape index (κ2) is 7.50. The highest BCUT2D eigenvalue weighted by Gasteiger charge is 2.49. The number of esters is 1. The molecule has 2 aliphatic rings. The maximum Gasteiger partial charge on any atom is 0.338 e. The number of ether oxygens (including phenoxy) is 1. The zero-order valence-corrected chi connectivity index (χ0v) is 17.0. The molecule has 1 spiro atoms. The van der Waals surface area contributed by atoms with Crippen molar-refractivity contribution in [3.63, 3.8) is 0 Å². The first-order chi connectivity index (χ1) is 12.3. The Morgan fingerprint density at radius 1 is 1.38 bits per heavy atom. The molecule has 0 radical (unpaired) electrons. The van der Waals surface area contributed by atoms with Gasteiger partial charge in [-0.25, -0.2) is 4.79 Å². The number of benzene rings is 1. The molecule has 5 nitrogen and oxygen atoms in total. The first-order valence-electron chi connectivity index (χ1n) is 9.45. The first kappa shape index (κ1) is 19.7. The predicted octanol–water partition coefficient (Wildman–Crippen LogP) is 2.88. The molecule has 1 aromatic carbocycles. The molecule has 1 heterocycles. The molecule has 2 N–H and O–H groups in total. The number of hydrogen-bond acceptors (Lipinski definition) is 5. The van der Waals surface area contributed by atoms with Crippen LogP contribution in [0, 0.1) is 5.41 Å². The number of nitrogens with one attached hydrogen (secondary N) is 2. The van der Waals surface area contributed by atoms with E-state index < -0.39 is 11.4 Å². The van der Waals surface area contributed by atoms with Gasteiger partial charge in [0.1, 0.15) is 4.75 Å². The van der Waals surface area contributed by atoms with Crippen LogP contribution in [0.4, 0.5) is 0 Å². The summed E-state index contributed by atoms with van der Waals surface area (Å²) in [6.07, 6.45) is 3.04. The molecule has 0 bridgehead atoms. The number of carbonyl (C=O) groups is 1. The Morgan fingerprint density at radius 2 is 2.08 bits per heavy atom.